The molecular weight excluding hydrogens is 410 g/mol. The Morgan fingerprint density at radius 3 is 2.72 bits per heavy atom. The van der Waals surface area contributed by atoms with Gasteiger partial charge in [-0.2, -0.15) is 0 Å². The zero-order chi connectivity index (χ0) is 20.4. The van der Waals surface area contributed by atoms with Crippen molar-refractivity contribution in [1.29, 1.82) is 0 Å². The molecule has 0 saturated carbocycles. The second kappa shape index (κ2) is 8.81. The molecule has 0 N–H and O–H groups in total. The predicted molar refractivity (Wildman–Crippen MR) is 114 cm³/mol. The lowest BCUT2D eigenvalue weighted by molar-refractivity contribution is -0.132. The van der Waals surface area contributed by atoms with Crippen LogP contribution in [0.15, 0.2) is 39.1 Å². The van der Waals surface area contributed by atoms with E-state index in [1.165, 1.54) is 11.8 Å². The molecule has 4 rings (SSSR count). The minimum atomic E-state index is -0.0733. The first-order valence-electron chi connectivity index (χ1n) is 9.52. The van der Waals surface area contributed by atoms with Crippen LogP contribution < -0.4 is 10.3 Å². The van der Waals surface area contributed by atoms with E-state index < -0.39 is 0 Å². The second-order valence-electron chi connectivity index (χ2n) is 6.92. The highest BCUT2D eigenvalue weighted by Gasteiger charge is 2.27. The van der Waals surface area contributed by atoms with E-state index in [0.717, 1.165) is 17.9 Å². The number of nitrogens with zero attached hydrogens (tertiary/aromatic N) is 3. The number of hydrogen-bond acceptors (Lipinski definition) is 7. The van der Waals surface area contributed by atoms with Crippen molar-refractivity contribution in [2.45, 2.75) is 28.6 Å². The monoisotopic (exact) mass is 433 g/mol. The highest BCUT2D eigenvalue weighted by molar-refractivity contribution is 8.00. The minimum Gasteiger partial charge on any atom is -0.497 e. The van der Waals surface area contributed by atoms with Crippen LogP contribution in [-0.4, -0.2) is 64.8 Å². The first-order valence-corrected chi connectivity index (χ1v) is 11.4. The molecule has 3 heterocycles. The van der Waals surface area contributed by atoms with Crippen molar-refractivity contribution >= 4 is 29.4 Å². The summed E-state index contributed by atoms with van der Waals surface area (Å²) in [6.45, 7) is 4.45. The van der Waals surface area contributed by atoms with Crippen molar-refractivity contribution in [3.8, 4) is 11.4 Å². The minimum absolute atomic E-state index is 0.0390. The quantitative estimate of drug-likeness (QED) is 0.529. The number of hydrogen-bond donors (Lipinski definition) is 0. The van der Waals surface area contributed by atoms with Gasteiger partial charge < -0.3 is 14.4 Å². The fourth-order valence-corrected chi connectivity index (χ4v) is 5.41. The lowest BCUT2D eigenvalue weighted by Crippen LogP contribution is -2.41. The van der Waals surface area contributed by atoms with Gasteiger partial charge in [0, 0.05) is 24.8 Å². The molecule has 29 heavy (non-hydrogen) atoms. The van der Waals surface area contributed by atoms with Crippen LogP contribution >= 0.6 is 23.5 Å². The SMILES string of the molecule is COc1ccc(-n2c(SCC(=O)N3CCOCC3)nc3c(c2=O)S[C@@H](C)C3)cc1. The van der Waals surface area contributed by atoms with Crippen molar-refractivity contribution in [2.24, 2.45) is 0 Å². The van der Waals surface area contributed by atoms with Crippen molar-refractivity contribution in [2.75, 3.05) is 39.2 Å². The number of carbonyl (C=O) groups is 1. The Bertz CT molecular complexity index is 955. The summed E-state index contributed by atoms with van der Waals surface area (Å²) in [6, 6.07) is 7.31. The summed E-state index contributed by atoms with van der Waals surface area (Å²) in [5.41, 5.74) is 1.47. The molecule has 2 aliphatic rings. The smallest absolute Gasteiger partial charge is 0.272 e. The molecule has 0 radical (unpaired) electrons. The highest BCUT2D eigenvalue weighted by atomic mass is 32.2. The topological polar surface area (TPSA) is 73.7 Å². The molecule has 2 aromatic rings. The Balaban J connectivity index is 1.66. The third-order valence-corrected chi connectivity index (χ3v) is 7.04. The van der Waals surface area contributed by atoms with Gasteiger partial charge in [0.25, 0.3) is 5.56 Å². The number of fused-ring (bicyclic) bond motifs is 1. The molecule has 2 aliphatic heterocycles. The fourth-order valence-electron chi connectivity index (χ4n) is 3.39. The molecular formula is C20H23N3O4S2. The summed E-state index contributed by atoms with van der Waals surface area (Å²) in [5, 5.41) is 0.875. The second-order valence-corrected chi connectivity index (χ2v) is 9.31. The average molecular weight is 434 g/mol. The first kappa shape index (κ1) is 20.3. The number of amides is 1. The summed E-state index contributed by atoms with van der Waals surface area (Å²) in [7, 11) is 1.61. The maximum atomic E-state index is 13.3. The zero-order valence-corrected chi connectivity index (χ0v) is 18.1. The van der Waals surface area contributed by atoms with Gasteiger partial charge in [-0.1, -0.05) is 18.7 Å². The molecule has 9 heteroatoms. The van der Waals surface area contributed by atoms with E-state index in [1.54, 1.807) is 28.3 Å². The molecule has 1 aromatic carbocycles. The maximum absolute atomic E-state index is 13.3. The van der Waals surface area contributed by atoms with Gasteiger partial charge in [-0.15, -0.1) is 11.8 Å². The number of thioether (sulfide) groups is 2. The number of benzene rings is 1. The van der Waals surface area contributed by atoms with E-state index in [2.05, 4.69) is 6.92 Å². The molecule has 0 bridgehead atoms. The summed E-state index contributed by atoms with van der Waals surface area (Å²) >= 11 is 2.89. The van der Waals surface area contributed by atoms with Gasteiger partial charge in [0.2, 0.25) is 5.91 Å². The van der Waals surface area contributed by atoms with E-state index in [9.17, 15) is 9.59 Å². The Morgan fingerprint density at radius 1 is 1.31 bits per heavy atom. The lowest BCUT2D eigenvalue weighted by atomic mass is 10.2. The summed E-state index contributed by atoms with van der Waals surface area (Å²) < 4.78 is 12.2. The fraction of sp³-hybridized carbons (Fsp3) is 0.450. The number of ether oxygens (including phenoxy) is 2. The third-order valence-electron chi connectivity index (χ3n) is 4.90. The molecule has 0 spiro atoms. The van der Waals surface area contributed by atoms with Gasteiger partial charge in [-0.05, 0) is 24.3 Å². The van der Waals surface area contributed by atoms with E-state index in [0.29, 0.717) is 47.3 Å². The van der Waals surface area contributed by atoms with Gasteiger partial charge in [0.15, 0.2) is 5.16 Å². The number of rotatable bonds is 5. The Hall–Kier alpha value is -1.97. The van der Waals surface area contributed by atoms with E-state index in [4.69, 9.17) is 14.5 Å². The average Bonchev–Trinajstić information content (AvgIpc) is 3.13. The van der Waals surface area contributed by atoms with Crippen molar-refractivity contribution in [1.82, 2.24) is 14.5 Å². The van der Waals surface area contributed by atoms with Gasteiger partial charge in [0.05, 0.1) is 42.4 Å². The molecule has 1 aromatic heterocycles. The first-order chi connectivity index (χ1) is 14.1. The Kier molecular flexibility index (Phi) is 6.17. The van der Waals surface area contributed by atoms with Crippen LogP contribution in [0.3, 0.4) is 0 Å². The van der Waals surface area contributed by atoms with Crippen LogP contribution in [0.2, 0.25) is 0 Å². The summed E-state index contributed by atoms with van der Waals surface area (Å²) in [4.78, 5) is 33.1. The van der Waals surface area contributed by atoms with Gasteiger partial charge in [-0.25, -0.2) is 4.98 Å². The number of methoxy groups -OCH3 is 1. The summed E-state index contributed by atoms with van der Waals surface area (Å²) in [6.07, 6.45) is 0.768. The Morgan fingerprint density at radius 2 is 2.03 bits per heavy atom. The van der Waals surface area contributed by atoms with Crippen LogP contribution in [0.25, 0.3) is 5.69 Å². The Labute approximate surface area is 177 Å². The molecule has 154 valence electrons. The zero-order valence-electron chi connectivity index (χ0n) is 16.4. The van der Waals surface area contributed by atoms with Crippen LogP contribution in [0.5, 0.6) is 5.75 Å². The van der Waals surface area contributed by atoms with E-state index >= 15 is 0 Å². The largest absolute Gasteiger partial charge is 0.497 e. The van der Waals surface area contributed by atoms with Crippen molar-refractivity contribution in [3.05, 3.63) is 40.3 Å². The number of carbonyl (C=O) groups excluding carboxylic acids is 1. The molecule has 1 saturated heterocycles. The van der Waals surface area contributed by atoms with Crippen LogP contribution in [0, 0.1) is 0 Å². The molecule has 1 amide bonds. The number of morpholine rings is 1. The molecule has 0 aliphatic carbocycles. The van der Waals surface area contributed by atoms with Gasteiger partial charge in [-0.3, -0.25) is 14.2 Å². The van der Waals surface area contributed by atoms with Crippen LogP contribution in [-0.2, 0) is 16.0 Å². The van der Waals surface area contributed by atoms with E-state index in [1.807, 2.05) is 24.3 Å². The van der Waals surface area contributed by atoms with Gasteiger partial charge in [0.1, 0.15) is 5.75 Å². The predicted octanol–water partition coefficient (Wildman–Crippen LogP) is 2.23. The van der Waals surface area contributed by atoms with Crippen LogP contribution in [0.4, 0.5) is 0 Å². The van der Waals surface area contributed by atoms with Crippen molar-refractivity contribution < 1.29 is 14.3 Å². The lowest BCUT2D eigenvalue weighted by Gasteiger charge is -2.26. The molecule has 7 nitrogen and oxygen atoms in total. The summed E-state index contributed by atoms with van der Waals surface area (Å²) in [5.74, 6) is 0.997. The normalized spacial score (nSPS) is 18.6. The molecule has 1 fully saturated rings. The maximum Gasteiger partial charge on any atom is 0.272 e. The highest BCUT2D eigenvalue weighted by Crippen LogP contribution is 2.35. The standard InChI is InChI=1S/C20H23N3O4S2/c1-13-11-16-18(29-13)19(25)23(14-3-5-15(26-2)6-4-14)20(21-16)28-12-17(24)22-7-9-27-10-8-22/h3-6,13H,7-12H2,1-2H3/t13-/m0/s1. The number of aromatic nitrogens is 2. The third kappa shape index (κ3) is 4.31. The molecule has 0 unspecified atom stereocenters. The van der Waals surface area contributed by atoms with E-state index in [-0.39, 0.29) is 17.2 Å². The van der Waals surface area contributed by atoms with Crippen molar-refractivity contribution in [3.63, 3.8) is 0 Å². The van der Waals surface area contributed by atoms with Gasteiger partial charge >= 0.3 is 0 Å². The molecule has 1 atom stereocenters. The van der Waals surface area contributed by atoms with Crippen LogP contribution in [0.1, 0.15) is 12.6 Å².